The van der Waals surface area contributed by atoms with Crippen molar-refractivity contribution >= 4 is 23.8 Å². The molecule has 0 aromatic heterocycles. The van der Waals surface area contributed by atoms with Crippen LogP contribution < -0.4 is 30.0 Å². The van der Waals surface area contributed by atoms with Crippen LogP contribution in [-0.4, -0.2) is 67.2 Å². The van der Waals surface area contributed by atoms with Gasteiger partial charge in [-0.25, -0.2) is 9.59 Å². The van der Waals surface area contributed by atoms with Gasteiger partial charge in [-0.2, -0.15) is 13.2 Å². The molecular formula is C30H29F3N4O7. The Kier molecular flexibility index (Phi) is 10.3. The van der Waals surface area contributed by atoms with Crippen LogP contribution in [0.5, 0.6) is 23.0 Å². The number of alkyl halides is 3. The minimum absolute atomic E-state index is 0.0104. The van der Waals surface area contributed by atoms with E-state index in [2.05, 4.69) is 10.1 Å². The quantitative estimate of drug-likeness (QED) is 0.101. The van der Waals surface area contributed by atoms with E-state index in [0.717, 1.165) is 6.07 Å². The molecule has 2 amide bonds. The van der Waals surface area contributed by atoms with Gasteiger partial charge in [0.15, 0.2) is 0 Å². The molecule has 3 aromatic carbocycles. The minimum Gasteiger partial charge on any atom is -0.492 e. The maximum Gasteiger partial charge on any atom is 0.491 e. The lowest BCUT2D eigenvalue weighted by atomic mass is 10.1. The Bertz CT molecular complexity index is 1490. The highest BCUT2D eigenvalue weighted by atomic mass is 19.4. The Labute approximate surface area is 250 Å². The Morgan fingerprint density at radius 3 is 2.30 bits per heavy atom. The average Bonchev–Trinajstić information content (AvgIpc) is 3.00. The van der Waals surface area contributed by atoms with E-state index in [1.807, 2.05) is 0 Å². The lowest BCUT2D eigenvalue weighted by Crippen LogP contribution is -2.43. The molecule has 0 aliphatic carbocycles. The van der Waals surface area contributed by atoms with Crippen molar-refractivity contribution in [2.24, 2.45) is 5.73 Å². The first-order valence-electron chi connectivity index (χ1n) is 13.5. The number of ether oxygens (including phenoxy) is 4. The number of rotatable bonds is 10. The lowest BCUT2D eigenvalue weighted by Gasteiger charge is -2.31. The molecule has 0 radical (unpaired) electrons. The van der Waals surface area contributed by atoms with Gasteiger partial charge < -0.3 is 34.9 Å². The van der Waals surface area contributed by atoms with Gasteiger partial charge in [-0.1, -0.05) is 30.3 Å². The summed E-state index contributed by atoms with van der Waals surface area (Å²) in [5.41, 5.74) is 5.58. The number of esters is 1. The molecule has 1 aliphatic rings. The molecular weight excluding hydrogens is 585 g/mol. The van der Waals surface area contributed by atoms with Gasteiger partial charge in [0.1, 0.15) is 41.5 Å². The molecule has 1 fully saturated rings. The summed E-state index contributed by atoms with van der Waals surface area (Å²) in [4.78, 5) is 38.4. The highest BCUT2D eigenvalue weighted by Gasteiger charge is 2.42. The summed E-state index contributed by atoms with van der Waals surface area (Å²) in [7, 11) is 0. The molecule has 1 aliphatic heterocycles. The number of hydrogen-bond donors (Lipinski definition) is 3. The van der Waals surface area contributed by atoms with Crippen LogP contribution >= 0.6 is 0 Å². The monoisotopic (exact) mass is 614 g/mol. The standard InChI is InChI=1S/C30H29F3N4O7/c31-30(32,33)28(39)44-25-18-23(42-21-11-14-37(15-12-21)29(40)43-20-6-2-1-3-7-20)9-10-24(25)27(38)36-13-16-41-22-8-4-5-19(17-22)26(34)35/h1-10,17-18,21H,11-16H2,(H3,34,35)(H,36,38). The average molecular weight is 615 g/mol. The molecule has 0 bridgehead atoms. The smallest absolute Gasteiger partial charge is 0.491 e. The van der Waals surface area contributed by atoms with E-state index >= 15 is 0 Å². The van der Waals surface area contributed by atoms with Gasteiger partial charge in [-0.05, 0) is 36.4 Å². The van der Waals surface area contributed by atoms with Crippen molar-refractivity contribution < 1.29 is 46.5 Å². The number of para-hydroxylation sites is 1. The fourth-order valence-corrected chi connectivity index (χ4v) is 4.19. The second kappa shape index (κ2) is 14.3. The number of carbonyl (C=O) groups excluding carboxylic acids is 3. The second-order valence-corrected chi connectivity index (χ2v) is 9.58. The molecule has 4 rings (SSSR count). The molecule has 1 heterocycles. The third kappa shape index (κ3) is 8.86. The number of nitrogens with zero attached hydrogens (tertiary/aromatic N) is 1. The zero-order valence-corrected chi connectivity index (χ0v) is 23.3. The summed E-state index contributed by atoms with van der Waals surface area (Å²) < 4.78 is 60.2. The number of amidine groups is 1. The number of nitrogens with one attached hydrogen (secondary N) is 2. The molecule has 1 saturated heterocycles. The van der Waals surface area contributed by atoms with Gasteiger partial charge in [0.2, 0.25) is 0 Å². The van der Waals surface area contributed by atoms with Crippen molar-refractivity contribution in [2.75, 3.05) is 26.2 Å². The van der Waals surface area contributed by atoms with Gasteiger partial charge in [0.25, 0.3) is 5.91 Å². The Morgan fingerprint density at radius 1 is 0.909 bits per heavy atom. The second-order valence-electron chi connectivity index (χ2n) is 9.58. The molecule has 0 unspecified atom stereocenters. The molecule has 44 heavy (non-hydrogen) atoms. The van der Waals surface area contributed by atoms with Crippen molar-refractivity contribution in [3.8, 4) is 23.0 Å². The SMILES string of the molecule is N=C(N)c1cccc(OCCNC(=O)c2ccc(OC3CCN(C(=O)Oc4ccccc4)CC3)cc2OC(=O)C(F)(F)F)c1. The largest absolute Gasteiger partial charge is 0.492 e. The molecule has 0 atom stereocenters. The predicted molar refractivity (Wildman–Crippen MR) is 151 cm³/mol. The Morgan fingerprint density at radius 2 is 1.61 bits per heavy atom. The first-order chi connectivity index (χ1) is 21.0. The summed E-state index contributed by atoms with van der Waals surface area (Å²) in [5, 5.41) is 9.98. The maximum absolute atomic E-state index is 13.0. The van der Waals surface area contributed by atoms with Gasteiger partial charge in [-0.3, -0.25) is 10.2 Å². The van der Waals surface area contributed by atoms with Crippen molar-refractivity contribution in [3.63, 3.8) is 0 Å². The van der Waals surface area contributed by atoms with Crippen LogP contribution in [0, 0.1) is 5.41 Å². The number of amides is 2. The predicted octanol–water partition coefficient (Wildman–Crippen LogP) is 4.29. The molecule has 4 N–H and O–H groups in total. The number of benzene rings is 3. The maximum atomic E-state index is 13.0. The fraction of sp³-hybridized carbons (Fsp3) is 0.267. The van der Waals surface area contributed by atoms with Crippen LogP contribution in [-0.2, 0) is 4.79 Å². The number of piperidine rings is 1. The minimum atomic E-state index is -5.30. The van der Waals surface area contributed by atoms with Crippen molar-refractivity contribution in [2.45, 2.75) is 25.1 Å². The van der Waals surface area contributed by atoms with Crippen molar-refractivity contribution in [3.05, 3.63) is 83.9 Å². The van der Waals surface area contributed by atoms with E-state index in [0.29, 0.717) is 43.0 Å². The number of halogens is 3. The topological polar surface area (TPSA) is 153 Å². The third-order valence-electron chi connectivity index (χ3n) is 6.38. The normalized spacial score (nSPS) is 13.5. The molecule has 14 heteroatoms. The van der Waals surface area contributed by atoms with Crippen molar-refractivity contribution in [1.29, 1.82) is 5.41 Å². The Hall–Kier alpha value is -5.27. The summed E-state index contributed by atoms with van der Waals surface area (Å²) >= 11 is 0. The number of nitrogen functional groups attached to an aromatic ring is 1. The zero-order chi connectivity index (χ0) is 31.7. The number of nitrogens with two attached hydrogens (primary N) is 1. The Balaban J connectivity index is 1.35. The van der Waals surface area contributed by atoms with Gasteiger partial charge in [0.05, 0.1) is 12.1 Å². The molecule has 0 spiro atoms. The van der Waals surface area contributed by atoms with E-state index in [1.165, 1.54) is 23.1 Å². The van der Waals surface area contributed by atoms with Crippen LogP contribution in [0.3, 0.4) is 0 Å². The third-order valence-corrected chi connectivity index (χ3v) is 6.38. The van der Waals surface area contributed by atoms with E-state index in [9.17, 15) is 27.6 Å². The van der Waals surface area contributed by atoms with Crippen molar-refractivity contribution in [1.82, 2.24) is 10.2 Å². The first-order valence-corrected chi connectivity index (χ1v) is 13.5. The number of hydrogen-bond acceptors (Lipinski definition) is 8. The van der Waals surface area contributed by atoms with E-state index in [-0.39, 0.29) is 30.3 Å². The van der Waals surface area contributed by atoms with Gasteiger partial charge >= 0.3 is 18.2 Å². The molecule has 3 aromatic rings. The summed E-state index contributed by atoms with van der Waals surface area (Å²) in [6, 6.07) is 18.6. The van der Waals surface area contributed by atoms with Crippen LogP contribution in [0.15, 0.2) is 72.8 Å². The summed E-state index contributed by atoms with van der Waals surface area (Å²) in [6.07, 6.45) is -5.41. The number of carbonyl (C=O) groups is 3. The van der Waals surface area contributed by atoms with Crippen LogP contribution in [0.1, 0.15) is 28.8 Å². The van der Waals surface area contributed by atoms with Gasteiger partial charge in [0, 0.05) is 37.6 Å². The zero-order valence-electron chi connectivity index (χ0n) is 23.3. The van der Waals surface area contributed by atoms with E-state index in [4.69, 9.17) is 25.4 Å². The molecule has 0 saturated carbocycles. The van der Waals surface area contributed by atoms with E-state index < -0.39 is 36.0 Å². The fourth-order valence-electron chi connectivity index (χ4n) is 4.19. The molecule has 232 valence electrons. The van der Waals surface area contributed by atoms with Crippen LogP contribution in [0.25, 0.3) is 0 Å². The first kappa shape index (κ1) is 31.7. The summed E-state index contributed by atoms with van der Waals surface area (Å²) in [6.45, 7) is 0.574. The van der Waals surface area contributed by atoms with E-state index in [1.54, 1.807) is 48.5 Å². The highest BCUT2D eigenvalue weighted by molar-refractivity contribution is 5.98. The van der Waals surface area contributed by atoms with Crippen LogP contribution in [0.4, 0.5) is 18.0 Å². The highest BCUT2D eigenvalue weighted by Crippen LogP contribution is 2.30. The lowest BCUT2D eigenvalue weighted by molar-refractivity contribution is -0.189. The number of likely N-dealkylation sites (tertiary alicyclic amines) is 1. The van der Waals surface area contributed by atoms with Crippen LogP contribution in [0.2, 0.25) is 0 Å². The summed E-state index contributed by atoms with van der Waals surface area (Å²) in [5.74, 6) is -3.21. The van der Waals surface area contributed by atoms with Gasteiger partial charge in [-0.15, -0.1) is 0 Å². The molecule has 11 nitrogen and oxygen atoms in total.